The Kier molecular flexibility index (Phi) is 4.67. The van der Waals surface area contributed by atoms with Crippen molar-refractivity contribution >= 4 is 10.8 Å². The van der Waals surface area contributed by atoms with Gasteiger partial charge in [-0.15, -0.1) is 0 Å². The summed E-state index contributed by atoms with van der Waals surface area (Å²) in [4.78, 5) is 4.29. The summed E-state index contributed by atoms with van der Waals surface area (Å²) in [6.07, 6.45) is 4.88. The van der Waals surface area contributed by atoms with Crippen LogP contribution in [0.25, 0.3) is 10.8 Å². The minimum atomic E-state index is 0.448. The molecule has 18 heavy (non-hydrogen) atoms. The lowest BCUT2D eigenvalue weighted by Crippen LogP contribution is -2.26. The molecule has 0 aliphatic carbocycles. The van der Waals surface area contributed by atoms with Crippen molar-refractivity contribution in [3.8, 4) is 0 Å². The molecule has 0 radical (unpaired) electrons. The minimum absolute atomic E-state index is 0.448. The lowest BCUT2D eigenvalue weighted by Gasteiger charge is -2.14. The van der Waals surface area contributed by atoms with E-state index >= 15 is 0 Å². The third-order valence-electron chi connectivity index (χ3n) is 3.15. The number of pyridine rings is 1. The molecule has 0 aliphatic heterocycles. The summed E-state index contributed by atoms with van der Waals surface area (Å²) in [5, 5.41) is 5.98. The zero-order valence-electron chi connectivity index (χ0n) is 11.0. The van der Waals surface area contributed by atoms with Gasteiger partial charge in [0.05, 0.1) is 0 Å². The average molecular weight is 244 g/mol. The second-order valence-electron chi connectivity index (χ2n) is 4.58. The third-order valence-corrected chi connectivity index (χ3v) is 3.15. The number of rotatable bonds is 6. The van der Waals surface area contributed by atoms with Crippen molar-refractivity contribution in [2.24, 2.45) is 0 Å². The first kappa shape index (κ1) is 13.0. The highest BCUT2D eigenvalue weighted by Gasteiger charge is 2.04. The number of fused-ring (bicyclic) bond motifs is 1. The van der Waals surface area contributed by atoms with E-state index in [9.17, 15) is 0 Å². The van der Waals surface area contributed by atoms with Crippen molar-refractivity contribution in [3.05, 3.63) is 42.2 Å². The molecule has 0 fully saturated rings. The maximum Gasteiger partial charge on any atom is 0.0476 e. The summed E-state index contributed by atoms with van der Waals surface area (Å²) in [5.41, 5.74) is 1.25. The first-order valence-electron chi connectivity index (χ1n) is 6.35. The zero-order valence-corrected chi connectivity index (χ0v) is 11.0. The normalized spacial score (nSPS) is 12.8. The maximum atomic E-state index is 5.08. The van der Waals surface area contributed by atoms with Crippen molar-refractivity contribution < 1.29 is 4.74 Å². The van der Waals surface area contributed by atoms with Gasteiger partial charge in [0.1, 0.15) is 0 Å². The van der Waals surface area contributed by atoms with Crippen molar-refractivity contribution in [2.75, 3.05) is 13.7 Å². The Bertz CT molecular complexity index is 493. The number of hydrogen-bond donors (Lipinski definition) is 1. The fourth-order valence-electron chi connectivity index (χ4n) is 2.00. The number of ether oxygens (including phenoxy) is 1. The predicted molar refractivity (Wildman–Crippen MR) is 74.5 cm³/mol. The molecule has 0 amide bonds. The van der Waals surface area contributed by atoms with E-state index in [0.29, 0.717) is 6.04 Å². The van der Waals surface area contributed by atoms with Gasteiger partial charge in [0.25, 0.3) is 0 Å². The summed E-state index contributed by atoms with van der Waals surface area (Å²) < 4.78 is 5.08. The lowest BCUT2D eigenvalue weighted by atomic mass is 10.1. The van der Waals surface area contributed by atoms with E-state index in [0.717, 1.165) is 19.6 Å². The second-order valence-corrected chi connectivity index (χ2v) is 4.58. The molecule has 1 unspecified atom stereocenters. The summed E-state index contributed by atoms with van der Waals surface area (Å²) >= 11 is 0. The van der Waals surface area contributed by atoms with E-state index < -0.39 is 0 Å². The van der Waals surface area contributed by atoms with Crippen LogP contribution >= 0.6 is 0 Å². The van der Waals surface area contributed by atoms with Crippen molar-refractivity contribution in [3.63, 3.8) is 0 Å². The van der Waals surface area contributed by atoms with E-state index in [1.54, 1.807) is 7.11 Å². The van der Waals surface area contributed by atoms with Gasteiger partial charge in [-0.3, -0.25) is 4.98 Å². The number of hydrogen-bond acceptors (Lipinski definition) is 3. The predicted octanol–water partition coefficient (Wildman–Crippen LogP) is 2.75. The van der Waals surface area contributed by atoms with Crippen LogP contribution in [0, 0.1) is 0 Å². The van der Waals surface area contributed by atoms with E-state index in [4.69, 9.17) is 4.74 Å². The van der Waals surface area contributed by atoms with Crippen LogP contribution in [0.15, 0.2) is 36.7 Å². The van der Waals surface area contributed by atoms with Crippen LogP contribution in [-0.2, 0) is 11.3 Å². The summed E-state index contributed by atoms with van der Waals surface area (Å²) in [5.74, 6) is 0. The summed E-state index contributed by atoms with van der Waals surface area (Å²) in [6.45, 7) is 3.82. The Balaban J connectivity index is 2.03. The van der Waals surface area contributed by atoms with E-state index in [2.05, 4.69) is 35.4 Å². The van der Waals surface area contributed by atoms with Crippen LogP contribution in [0.2, 0.25) is 0 Å². The number of aromatic nitrogens is 1. The summed E-state index contributed by atoms with van der Waals surface area (Å²) in [7, 11) is 1.74. The minimum Gasteiger partial charge on any atom is -0.385 e. The molecule has 3 nitrogen and oxygen atoms in total. The van der Waals surface area contributed by atoms with Crippen LogP contribution in [0.3, 0.4) is 0 Å². The van der Waals surface area contributed by atoms with Crippen molar-refractivity contribution in [1.82, 2.24) is 10.3 Å². The van der Waals surface area contributed by atoms with Gasteiger partial charge in [0, 0.05) is 44.1 Å². The van der Waals surface area contributed by atoms with Crippen LogP contribution in [0.4, 0.5) is 0 Å². The first-order valence-corrected chi connectivity index (χ1v) is 6.35. The molecule has 0 saturated carbocycles. The van der Waals surface area contributed by atoms with E-state index in [-0.39, 0.29) is 0 Å². The molecule has 2 aromatic rings. The molecule has 1 aromatic carbocycles. The van der Waals surface area contributed by atoms with Crippen LogP contribution in [-0.4, -0.2) is 24.7 Å². The molecular weight excluding hydrogens is 224 g/mol. The van der Waals surface area contributed by atoms with Gasteiger partial charge >= 0.3 is 0 Å². The highest BCUT2D eigenvalue weighted by molar-refractivity contribution is 5.84. The van der Waals surface area contributed by atoms with Crippen LogP contribution < -0.4 is 5.32 Å². The molecule has 96 valence electrons. The highest BCUT2D eigenvalue weighted by Crippen LogP contribution is 2.16. The lowest BCUT2D eigenvalue weighted by molar-refractivity contribution is 0.184. The Morgan fingerprint density at radius 3 is 2.94 bits per heavy atom. The molecule has 0 spiro atoms. The van der Waals surface area contributed by atoms with Gasteiger partial charge in [-0.2, -0.15) is 0 Å². The quantitative estimate of drug-likeness (QED) is 0.848. The maximum absolute atomic E-state index is 5.08. The topological polar surface area (TPSA) is 34.1 Å². The van der Waals surface area contributed by atoms with Gasteiger partial charge < -0.3 is 10.1 Å². The molecule has 1 N–H and O–H groups in total. The molecule has 1 atom stereocenters. The highest BCUT2D eigenvalue weighted by atomic mass is 16.5. The third kappa shape index (κ3) is 3.28. The van der Waals surface area contributed by atoms with E-state index in [1.807, 2.05) is 18.5 Å². The molecule has 3 heteroatoms. The summed E-state index contributed by atoms with van der Waals surface area (Å²) in [6, 6.07) is 8.81. The number of nitrogens with zero attached hydrogens (tertiary/aromatic N) is 1. The molecule has 1 aromatic heterocycles. The largest absolute Gasteiger partial charge is 0.385 e. The molecule has 0 saturated heterocycles. The number of methoxy groups -OCH3 is 1. The smallest absolute Gasteiger partial charge is 0.0476 e. The standard InChI is InChI=1S/C15H20N2O/c1-12(7-8-18-2)17-11-14-10-16-9-13-5-3-4-6-15(13)14/h3-6,9-10,12,17H,7-8,11H2,1-2H3. The fraction of sp³-hybridized carbons (Fsp3) is 0.400. The molecular formula is C15H20N2O. The molecule has 2 rings (SSSR count). The molecule has 0 aliphatic rings. The van der Waals surface area contributed by atoms with Crippen LogP contribution in [0.1, 0.15) is 18.9 Å². The Morgan fingerprint density at radius 1 is 1.28 bits per heavy atom. The van der Waals surface area contributed by atoms with Gasteiger partial charge in [0.15, 0.2) is 0 Å². The Hall–Kier alpha value is -1.45. The van der Waals surface area contributed by atoms with Gasteiger partial charge in [-0.25, -0.2) is 0 Å². The Labute approximate surface area is 108 Å². The number of benzene rings is 1. The Morgan fingerprint density at radius 2 is 2.11 bits per heavy atom. The van der Waals surface area contributed by atoms with Crippen LogP contribution in [0.5, 0.6) is 0 Å². The number of nitrogens with one attached hydrogen (secondary N) is 1. The van der Waals surface area contributed by atoms with Crippen molar-refractivity contribution in [2.45, 2.75) is 25.9 Å². The average Bonchev–Trinajstić information content (AvgIpc) is 2.42. The van der Waals surface area contributed by atoms with Gasteiger partial charge in [-0.05, 0) is 24.3 Å². The van der Waals surface area contributed by atoms with E-state index in [1.165, 1.54) is 16.3 Å². The van der Waals surface area contributed by atoms with Gasteiger partial charge in [0.2, 0.25) is 0 Å². The SMILES string of the molecule is COCCC(C)NCc1cncc2ccccc12. The molecule has 0 bridgehead atoms. The van der Waals surface area contributed by atoms with Gasteiger partial charge in [-0.1, -0.05) is 24.3 Å². The first-order chi connectivity index (χ1) is 8.81. The fourth-order valence-corrected chi connectivity index (χ4v) is 2.00. The van der Waals surface area contributed by atoms with Crippen molar-refractivity contribution in [1.29, 1.82) is 0 Å². The second kappa shape index (κ2) is 6.47. The monoisotopic (exact) mass is 244 g/mol. The zero-order chi connectivity index (χ0) is 12.8. The molecule has 1 heterocycles.